The fourth-order valence-corrected chi connectivity index (χ4v) is 0.908. The molecule has 0 amide bonds. The van der Waals surface area contributed by atoms with E-state index in [4.69, 9.17) is 0 Å². The topological polar surface area (TPSA) is 50.2 Å². The van der Waals surface area contributed by atoms with Crippen molar-refractivity contribution in [3.8, 4) is 0 Å². The molecule has 0 fully saturated rings. The zero-order valence-electron chi connectivity index (χ0n) is 5.11. The highest BCUT2D eigenvalue weighted by Gasteiger charge is 1.99. The normalized spacial score (nSPS) is 10.4. The predicted octanol–water partition coefficient (Wildman–Crippen LogP) is 0.475. The highest BCUT2D eigenvalue weighted by atomic mass is 16.1. The Hall–Kier alpha value is -1.58. The van der Waals surface area contributed by atoms with Crippen LogP contribution in [0.3, 0.4) is 0 Å². The first-order valence-corrected chi connectivity index (χ1v) is 2.88. The average molecular weight is 135 g/mol. The first-order chi connectivity index (χ1) is 4.92. The number of nitrogens with zero attached hydrogens (tertiary/aromatic N) is 2. The van der Waals surface area contributed by atoms with E-state index < -0.39 is 0 Å². The Balaban J connectivity index is 2.88. The van der Waals surface area contributed by atoms with E-state index in [0.29, 0.717) is 5.69 Å². The second kappa shape index (κ2) is 1.70. The number of aromatic amines is 1. The second-order valence-corrected chi connectivity index (χ2v) is 1.96. The molecule has 0 aliphatic carbocycles. The molecule has 0 atom stereocenters. The summed E-state index contributed by atoms with van der Waals surface area (Å²) in [7, 11) is 0. The molecule has 50 valence electrons. The number of aromatic nitrogens is 3. The van der Waals surface area contributed by atoms with Crippen molar-refractivity contribution in [2.75, 3.05) is 0 Å². The molecule has 0 saturated carbocycles. The number of carbonyl (C=O) groups is 1. The van der Waals surface area contributed by atoms with Gasteiger partial charge in [-0.1, -0.05) is 0 Å². The van der Waals surface area contributed by atoms with Crippen LogP contribution in [0.4, 0.5) is 0 Å². The Morgan fingerprint density at radius 2 is 2.60 bits per heavy atom. The average Bonchev–Trinajstić information content (AvgIpc) is 2.44. The maximum atomic E-state index is 10.3. The summed E-state index contributed by atoms with van der Waals surface area (Å²) in [6.45, 7) is 0. The summed E-state index contributed by atoms with van der Waals surface area (Å²) >= 11 is 0. The number of aldehydes is 1. The van der Waals surface area contributed by atoms with E-state index in [1.807, 2.05) is 0 Å². The van der Waals surface area contributed by atoms with Crippen molar-refractivity contribution in [3.05, 3.63) is 24.2 Å². The third kappa shape index (κ3) is 0.500. The van der Waals surface area contributed by atoms with Gasteiger partial charge in [0.15, 0.2) is 11.9 Å². The molecule has 2 heterocycles. The zero-order valence-corrected chi connectivity index (χ0v) is 5.11. The van der Waals surface area contributed by atoms with Crippen molar-refractivity contribution >= 4 is 11.9 Å². The monoisotopic (exact) mass is 135 g/mol. The van der Waals surface area contributed by atoms with E-state index in [2.05, 4.69) is 10.1 Å². The summed E-state index contributed by atoms with van der Waals surface area (Å²) in [6, 6.07) is 1.80. The molecule has 1 N–H and O–H groups in total. The van der Waals surface area contributed by atoms with Crippen LogP contribution < -0.4 is 0 Å². The fourth-order valence-electron chi connectivity index (χ4n) is 0.908. The van der Waals surface area contributed by atoms with Crippen LogP contribution in [0.1, 0.15) is 10.5 Å². The maximum Gasteiger partial charge on any atom is 0.170 e. The van der Waals surface area contributed by atoms with E-state index in [1.54, 1.807) is 16.8 Å². The minimum Gasteiger partial charge on any atom is -0.299 e. The molecular formula is C6H5N3O. The third-order valence-corrected chi connectivity index (χ3v) is 1.37. The van der Waals surface area contributed by atoms with Gasteiger partial charge in [-0.2, -0.15) is 0 Å². The lowest BCUT2D eigenvalue weighted by Gasteiger charge is -1.83. The predicted molar refractivity (Wildman–Crippen MR) is 34.9 cm³/mol. The van der Waals surface area contributed by atoms with Gasteiger partial charge in [0.2, 0.25) is 0 Å². The number of rotatable bonds is 1. The minimum atomic E-state index is 0.542. The van der Waals surface area contributed by atoms with Crippen LogP contribution in [0.2, 0.25) is 0 Å². The van der Waals surface area contributed by atoms with E-state index in [-0.39, 0.29) is 0 Å². The van der Waals surface area contributed by atoms with E-state index >= 15 is 0 Å². The number of fused-ring (bicyclic) bond motifs is 1. The Kier molecular flexibility index (Phi) is 0.887. The van der Waals surface area contributed by atoms with Crippen molar-refractivity contribution in [2.45, 2.75) is 0 Å². The highest BCUT2D eigenvalue weighted by Crippen LogP contribution is 2.00. The Labute approximate surface area is 56.5 Å². The lowest BCUT2D eigenvalue weighted by molar-refractivity contribution is 0.111. The summed E-state index contributed by atoms with van der Waals surface area (Å²) in [5.74, 6) is 0. The van der Waals surface area contributed by atoms with Crippen LogP contribution in [0.15, 0.2) is 18.5 Å². The van der Waals surface area contributed by atoms with Gasteiger partial charge in [-0.25, -0.2) is 9.50 Å². The van der Waals surface area contributed by atoms with Crippen molar-refractivity contribution < 1.29 is 4.79 Å². The molecule has 4 heteroatoms. The maximum absolute atomic E-state index is 10.3. The molecule has 0 aliphatic heterocycles. The van der Waals surface area contributed by atoms with Crippen molar-refractivity contribution in [3.63, 3.8) is 0 Å². The summed E-state index contributed by atoms with van der Waals surface area (Å²) in [5, 5.41) is 2.84. The quantitative estimate of drug-likeness (QED) is 0.578. The summed E-state index contributed by atoms with van der Waals surface area (Å²) in [5.41, 5.74) is 1.31. The molecule has 10 heavy (non-hydrogen) atoms. The molecule has 2 aromatic rings. The highest BCUT2D eigenvalue weighted by molar-refractivity contribution is 5.73. The van der Waals surface area contributed by atoms with Crippen LogP contribution in [0.5, 0.6) is 0 Å². The number of hydrogen-bond acceptors (Lipinski definition) is 2. The van der Waals surface area contributed by atoms with Gasteiger partial charge in [0.25, 0.3) is 0 Å². The number of H-pyrrole nitrogens is 1. The van der Waals surface area contributed by atoms with Gasteiger partial charge in [-0.15, -0.1) is 0 Å². The molecule has 0 saturated heterocycles. The SMILES string of the molecule is O=Cc1cnc2cc[nH]n12. The van der Waals surface area contributed by atoms with Gasteiger partial charge >= 0.3 is 0 Å². The van der Waals surface area contributed by atoms with E-state index in [1.165, 1.54) is 6.20 Å². The molecule has 2 aromatic heterocycles. The molecule has 0 unspecified atom stereocenters. The van der Waals surface area contributed by atoms with Gasteiger partial charge < -0.3 is 0 Å². The van der Waals surface area contributed by atoms with E-state index in [9.17, 15) is 4.79 Å². The molecule has 0 bridgehead atoms. The summed E-state index contributed by atoms with van der Waals surface area (Å²) in [4.78, 5) is 14.2. The lowest BCUT2D eigenvalue weighted by Crippen LogP contribution is -1.88. The first kappa shape index (κ1) is 5.22. The summed E-state index contributed by atoms with van der Waals surface area (Å²) in [6.07, 6.45) is 4.02. The van der Waals surface area contributed by atoms with Gasteiger partial charge in [-0.3, -0.25) is 9.89 Å². The van der Waals surface area contributed by atoms with Crippen molar-refractivity contribution in [1.29, 1.82) is 0 Å². The second-order valence-electron chi connectivity index (χ2n) is 1.96. The molecule has 0 aromatic carbocycles. The van der Waals surface area contributed by atoms with Crippen molar-refractivity contribution in [2.24, 2.45) is 0 Å². The number of hydrogen-bond donors (Lipinski definition) is 1. The van der Waals surface area contributed by atoms with Crippen LogP contribution in [-0.2, 0) is 0 Å². The Bertz CT molecular complexity index is 360. The molecule has 0 aliphatic rings. The van der Waals surface area contributed by atoms with Crippen LogP contribution in [0.25, 0.3) is 5.65 Å². The van der Waals surface area contributed by atoms with Crippen LogP contribution >= 0.6 is 0 Å². The molecule has 4 nitrogen and oxygen atoms in total. The molecular weight excluding hydrogens is 130 g/mol. The zero-order chi connectivity index (χ0) is 6.97. The van der Waals surface area contributed by atoms with Gasteiger partial charge in [0.05, 0.1) is 6.20 Å². The number of carbonyl (C=O) groups excluding carboxylic acids is 1. The number of nitrogens with one attached hydrogen (secondary N) is 1. The number of imidazole rings is 1. The Morgan fingerprint density at radius 1 is 1.70 bits per heavy atom. The Morgan fingerprint density at radius 3 is 3.40 bits per heavy atom. The standard InChI is InChI=1S/C6H5N3O/c10-4-5-3-7-6-1-2-8-9(5)6/h1-4,8H. The van der Waals surface area contributed by atoms with Gasteiger partial charge in [0.1, 0.15) is 5.69 Å². The van der Waals surface area contributed by atoms with Crippen LogP contribution in [0, 0.1) is 0 Å². The minimum absolute atomic E-state index is 0.542. The lowest BCUT2D eigenvalue weighted by atomic mass is 10.5. The van der Waals surface area contributed by atoms with Crippen LogP contribution in [-0.4, -0.2) is 20.9 Å². The fraction of sp³-hybridized carbons (Fsp3) is 0. The van der Waals surface area contributed by atoms with Crippen molar-refractivity contribution in [1.82, 2.24) is 14.6 Å². The largest absolute Gasteiger partial charge is 0.299 e. The third-order valence-electron chi connectivity index (χ3n) is 1.37. The molecule has 0 radical (unpaired) electrons. The first-order valence-electron chi connectivity index (χ1n) is 2.88. The van der Waals surface area contributed by atoms with E-state index in [0.717, 1.165) is 11.9 Å². The van der Waals surface area contributed by atoms with Gasteiger partial charge in [0, 0.05) is 12.3 Å². The molecule has 2 rings (SSSR count). The summed E-state index contributed by atoms with van der Waals surface area (Å²) < 4.78 is 1.62. The molecule has 0 spiro atoms. The smallest absolute Gasteiger partial charge is 0.170 e. The van der Waals surface area contributed by atoms with Gasteiger partial charge in [-0.05, 0) is 0 Å².